The summed E-state index contributed by atoms with van der Waals surface area (Å²) >= 11 is 0. The molecule has 0 aliphatic carbocycles. The van der Waals surface area contributed by atoms with Gasteiger partial charge in [0.25, 0.3) is 11.6 Å². The molecule has 12 nitrogen and oxygen atoms in total. The van der Waals surface area contributed by atoms with E-state index < -0.39 is 16.9 Å². The molecule has 5 rings (SSSR count). The lowest BCUT2D eigenvalue weighted by atomic mass is 9.98. The Morgan fingerprint density at radius 3 is 2.44 bits per heavy atom. The number of carbonyl (C=O) groups is 3. The van der Waals surface area contributed by atoms with Gasteiger partial charge in [0.15, 0.2) is 5.88 Å². The molecule has 43 heavy (non-hydrogen) atoms. The molecule has 1 fully saturated rings. The van der Waals surface area contributed by atoms with Gasteiger partial charge in [-0.2, -0.15) is 0 Å². The Bertz CT molecular complexity index is 1810. The van der Waals surface area contributed by atoms with Crippen LogP contribution in [-0.4, -0.2) is 57.1 Å². The van der Waals surface area contributed by atoms with Gasteiger partial charge in [0, 0.05) is 49.1 Å². The minimum atomic E-state index is -0.500. The van der Waals surface area contributed by atoms with Crippen LogP contribution < -0.4 is 10.6 Å². The number of amides is 4. The van der Waals surface area contributed by atoms with Crippen molar-refractivity contribution in [1.29, 1.82) is 0 Å². The minimum Gasteiger partial charge on any atom is -0.494 e. The molecule has 1 saturated heterocycles. The van der Waals surface area contributed by atoms with Crippen LogP contribution in [0.15, 0.2) is 77.4 Å². The van der Waals surface area contributed by atoms with Gasteiger partial charge < -0.3 is 20.7 Å². The number of aryl methyl sites for hydroxylation is 1. The second-order valence-electron chi connectivity index (χ2n) is 10.0. The highest BCUT2D eigenvalue weighted by Gasteiger charge is 2.30. The van der Waals surface area contributed by atoms with E-state index >= 15 is 0 Å². The summed E-state index contributed by atoms with van der Waals surface area (Å²) in [6.07, 6.45) is 3.07. The molecule has 12 heteroatoms. The number of carbonyl (C=O) groups excluding carboxylic acids is 3. The fourth-order valence-electron chi connectivity index (χ4n) is 4.73. The predicted molar refractivity (Wildman–Crippen MR) is 161 cm³/mol. The van der Waals surface area contributed by atoms with Crippen molar-refractivity contribution in [2.24, 2.45) is 4.99 Å². The van der Waals surface area contributed by atoms with Crippen LogP contribution in [0.4, 0.5) is 16.2 Å². The standard InChI is InChI=1S/C31H28N6O6/c1-18(38)32-15-3-4-19-5-9-21(10-6-19)28(27-24-17-23(37(42)43)13-14-25(24)34-29(27)39)33-22-11-7-20(8-12-22)16-26-30(40)36(2)31(41)35-26/h5-14,16-17,34,39H,3-4,15H2,1-2H3,(H,32,38)(H,35,41)/b26-16-,33-28?. The first-order valence-electron chi connectivity index (χ1n) is 13.4. The van der Waals surface area contributed by atoms with Crippen molar-refractivity contribution < 1.29 is 24.4 Å². The number of imide groups is 1. The van der Waals surface area contributed by atoms with Crippen LogP contribution in [-0.2, 0) is 16.0 Å². The molecule has 0 atom stereocenters. The van der Waals surface area contributed by atoms with Crippen molar-refractivity contribution in [3.05, 3.63) is 105 Å². The molecule has 0 bridgehead atoms. The number of aromatic amines is 1. The molecule has 4 N–H and O–H groups in total. The molecule has 3 aromatic carbocycles. The Morgan fingerprint density at radius 2 is 1.81 bits per heavy atom. The number of hydrogen-bond acceptors (Lipinski definition) is 7. The summed E-state index contributed by atoms with van der Waals surface area (Å²) < 4.78 is 0. The maximum atomic E-state index is 12.2. The zero-order chi connectivity index (χ0) is 30.7. The molecular formula is C31H28N6O6. The SMILES string of the molecule is CC(=O)NCCCc1ccc(C(=Nc2ccc(/C=C3\NC(=O)N(C)C3=O)cc2)c2c(O)[nH]c3ccc([N+](=O)[O-])cc23)cc1. The third kappa shape index (κ3) is 6.27. The number of nitro groups is 1. The number of aliphatic imine (C=N–C) groups is 1. The Hall–Kier alpha value is -5.78. The van der Waals surface area contributed by atoms with Gasteiger partial charge in [-0.15, -0.1) is 0 Å². The quantitative estimate of drug-likeness (QED) is 0.0565. The van der Waals surface area contributed by atoms with E-state index in [2.05, 4.69) is 15.6 Å². The Labute approximate surface area is 245 Å². The van der Waals surface area contributed by atoms with E-state index in [9.17, 15) is 29.6 Å². The molecule has 0 saturated carbocycles. The Morgan fingerprint density at radius 1 is 1.09 bits per heavy atom. The molecular weight excluding hydrogens is 552 g/mol. The summed E-state index contributed by atoms with van der Waals surface area (Å²) in [6.45, 7) is 2.04. The van der Waals surface area contributed by atoms with E-state index in [0.29, 0.717) is 45.5 Å². The van der Waals surface area contributed by atoms with Crippen LogP contribution in [0.25, 0.3) is 17.0 Å². The molecule has 2 heterocycles. The molecule has 0 radical (unpaired) electrons. The number of nitro benzene ring substituents is 1. The van der Waals surface area contributed by atoms with Gasteiger partial charge in [-0.25, -0.2) is 9.79 Å². The number of non-ortho nitro benzene ring substituents is 1. The predicted octanol–water partition coefficient (Wildman–Crippen LogP) is 4.54. The second-order valence-corrected chi connectivity index (χ2v) is 10.0. The van der Waals surface area contributed by atoms with E-state index in [1.54, 1.807) is 30.3 Å². The number of likely N-dealkylation sites (N-methyl/N-ethyl adjacent to an activating group) is 1. The molecule has 4 amide bonds. The summed E-state index contributed by atoms with van der Waals surface area (Å²) in [5.41, 5.74) is 4.14. The van der Waals surface area contributed by atoms with Crippen LogP contribution in [0.2, 0.25) is 0 Å². The van der Waals surface area contributed by atoms with E-state index in [1.807, 2.05) is 24.3 Å². The average molecular weight is 581 g/mol. The molecule has 1 aliphatic heterocycles. The van der Waals surface area contributed by atoms with Crippen molar-refractivity contribution in [3.63, 3.8) is 0 Å². The van der Waals surface area contributed by atoms with Crippen LogP contribution in [0.1, 0.15) is 35.6 Å². The monoisotopic (exact) mass is 580 g/mol. The number of hydrogen-bond donors (Lipinski definition) is 4. The molecule has 4 aromatic rings. The van der Waals surface area contributed by atoms with Crippen LogP contribution >= 0.6 is 0 Å². The summed E-state index contributed by atoms with van der Waals surface area (Å²) in [5.74, 6) is -0.697. The number of rotatable bonds is 9. The fraction of sp³-hybridized carbons (Fsp3) is 0.161. The number of benzene rings is 3. The maximum absolute atomic E-state index is 12.2. The topological polar surface area (TPSA) is 170 Å². The van der Waals surface area contributed by atoms with Crippen LogP contribution in [0, 0.1) is 10.1 Å². The number of nitrogens with zero attached hydrogens (tertiary/aromatic N) is 3. The van der Waals surface area contributed by atoms with Gasteiger partial charge in [-0.3, -0.25) is 24.6 Å². The zero-order valence-corrected chi connectivity index (χ0v) is 23.4. The number of urea groups is 1. The molecule has 1 aromatic heterocycles. The van der Waals surface area contributed by atoms with E-state index in [1.165, 1.54) is 32.2 Å². The Balaban J connectivity index is 1.53. The molecule has 0 spiro atoms. The lowest BCUT2D eigenvalue weighted by Crippen LogP contribution is -2.25. The number of H-pyrrole nitrogens is 1. The van der Waals surface area contributed by atoms with Crippen molar-refractivity contribution in [2.45, 2.75) is 19.8 Å². The van der Waals surface area contributed by atoms with E-state index in [0.717, 1.165) is 23.3 Å². The Kier molecular flexibility index (Phi) is 8.01. The highest BCUT2D eigenvalue weighted by atomic mass is 16.6. The van der Waals surface area contributed by atoms with Crippen molar-refractivity contribution in [2.75, 3.05) is 13.6 Å². The lowest BCUT2D eigenvalue weighted by molar-refractivity contribution is -0.384. The van der Waals surface area contributed by atoms with Gasteiger partial charge in [0.2, 0.25) is 5.91 Å². The number of aromatic hydroxyl groups is 1. The van der Waals surface area contributed by atoms with Gasteiger partial charge in [-0.1, -0.05) is 36.4 Å². The largest absolute Gasteiger partial charge is 0.494 e. The maximum Gasteiger partial charge on any atom is 0.328 e. The average Bonchev–Trinajstić information content (AvgIpc) is 3.44. The van der Waals surface area contributed by atoms with Crippen molar-refractivity contribution in [3.8, 4) is 5.88 Å². The normalized spacial score (nSPS) is 14.4. The molecule has 218 valence electrons. The van der Waals surface area contributed by atoms with Crippen LogP contribution in [0.3, 0.4) is 0 Å². The smallest absolute Gasteiger partial charge is 0.328 e. The third-order valence-corrected chi connectivity index (χ3v) is 6.98. The van der Waals surface area contributed by atoms with Crippen LogP contribution in [0.5, 0.6) is 5.88 Å². The summed E-state index contributed by atoms with van der Waals surface area (Å²) in [7, 11) is 1.39. The number of aromatic nitrogens is 1. The first-order valence-corrected chi connectivity index (χ1v) is 13.4. The van der Waals surface area contributed by atoms with Gasteiger partial charge in [-0.05, 0) is 48.2 Å². The highest BCUT2D eigenvalue weighted by Crippen LogP contribution is 2.34. The fourth-order valence-corrected chi connectivity index (χ4v) is 4.73. The lowest BCUT2D eigenvalue weighted by Gasteiger charge is -2.10. The van der Waals surface area contributed by atoms with Gasteiger partial charge in [0.05, 0.1) is 21.9 Å². The summed E-state index contributed by atoms with van der Waals surface area (Å²) in [5, 5.41) is 28.2. The summed E-state index contributed by atoms with van der Waals surface area (Å²) in [6, 6.07) is 18.3. The number of fused-ring (bicyclic) bond motifs is 1. The van der Waals surface area contributed by atoms with E-state index in [4.69, 9.17) is 4.99 Å². The first-order chi connectivity index (χ1) is 20.6. The van der Waals surface area contributed by atoms with Crippen molar-refractivity contribution >= 4 is 51.9 Å². The number of nitrogens with one attached hydrogen (secondary N) is 3. The highest BCUT2D eigenvalue weighted by molar-refractivity contribution is 6.22. The zero-order valence-electron chi connectivity index (χ0n) is 23.4. The van der Waals surface area contributed by atoms with Crippen molar-refractivity contribution in [1.82, 2.24) is 20.5 Å². The third-order valence-electron chi connectivity index (χ3n) is 6.98. The first kappa shape index (κ1) is 28.7. The summed E-state index contributed by atoms with van der Waals surface area (Å²) in [4.78, 5) is 54.8. The second kappa shape index (κ2) is 12.0. The molecule has 1 aliphatic rings. The minimum absolute atomic E-state index is 0.0777. The van der Waals surface area contributed by atoms with E-state index in [-0.39, 0.29) is 23.2 Å². The van der Waals surface area contributed by atoms with Gasteiger partial charge >= 0.3 is 6.03 Å². The molecule has 0 unspecified atom stereocenters. The van der Waals surface area contributed by atoms with Gasteiger partial charge in [0.1, 0.15) is 5.70 Å².